The second-order valence-corrected chi connectivity index (χ2v) is 6.73. The van der Waals surface area contributed by atoms with E-state index in [1.54, 1.807) is 0 Å². The number of amides is 1. The Morgan fingerprint density at radius 2 is 1.91 bits per heavy atom. The number of benzene rings is 1. The number of carbonyl (C=O) groups is 1. The summed E-state index contributed by atoms with van der Waals surface area (Å²) in [4.78, 5) is 20.5. The molecule has 2 aromatic rings. The van der Waals surface area contributed by atoms with Gasteiger partial charge in [-0.25, -0.2) is 15.4 Å². The van der Waals surface area contributed by atoms with Gasteiger partial charge in [0.25, 0.3) is 5.91 Å². The van der Waals surface area contributed by atoms with Crippen LogP contribution in [0.1, 0.15) is 23.9 Å². The van der Waals surface area contributed by atoms with Crippen LogP contribution in [0.25, 0.3) is 0 Å². The van der Waals surface area contributed by atoms with Crippen LogP contribution in [0, 0.1) is 13.8 Å². The molecule has 1 amide bonds. The lowest BCUT2D eigenvalue weighted by atomic mass is 10.1. The van der Waals surface area contributed by atoms with Gasteiger partial charge in [-0.15, -0.1) is 0 Å². The molecule has 0 saturated carbocycles. The summed E-state index contributed by atoms with van der Waals surface area (Å²) in [6.45, 7) is 5.66. The maximum Gasteiger partial charge on any atom is 0.250 e. The van der Waals surface area contributed by atoms with E-state index in [9.17, 15) is 4.79 Å². The molecule has 0 aliphatic heterocycles. The topological polar surface area (TPSA) is 67.2 Å². The van der Waals surface area contributed by atoms with Crippen LogP contribution in [0.15, 0.2) is 45.1 Å². The summed E-state index contributed by atoms with van der Waals surface area (Å²) in [7, 11) is 0. The monoisotopic (exact) mass is 392 g/mol. The highest BCUT2D eigenvalue weighted by Crippen LogP contribution is 2.16. The second kappa shape index (κ2) is 8.21. The van der Waals surface area contributed by atoms with Crippen molar-refractivity contribution in [3.05, 3.63) is 51.8 Å². The van der Waals surface area contributed by atoms with E-state index in [0.29, 0.717) is 5.16 Å². The minimum Gasteiger partial charge on any atom is -0.272 e. The smallest absolute Gasteiger partial charge is 0.250 e. The van der Waals surface area contributed by atoms with E-state index in [2.05, 4.69) is 36.4 Å². The van der Waals surface area contributed by atoms with Gasteiger partial charge >= 0.3 is 0 Å². The van der Waals surface area contributed by atoms with Crippen molar-refractivity contribution in [3.8, 4) is 0 Å². The molecule has 23 heavy (non-hydrogen) atoms. The number of nitrogens with one attached hydrogen (secondary N) is 1. The van der Waals surface area contributed by atoms with Crippen molar-refractivity contribution < 1.29 is 4.79 Å². The number of hydrogen-bond donors (Lipinski definition) is 1. The Bertz CT molecular complexity index is 728. The van der Waals surface area contributed by atoms with Gasteiger partial charge in [0.1, 0.15) is 0 Å². The fourth-order valence-corrected chi connectivity index (χ4v) is 3.20. The van der Waals surface area contributed by atoms with Gasteiger partial charge in [0, 0.05) is 21.4 Å². The number of nitrogens with zero attached hydrogens (tertiary/aromatic N) is 3. The number of rotatable bonds is 5. The highest BCUT2D eigenvalue weighted by Gasteiger charge is 2.07. The van der Waals surface area contributed by atoms with Crippen LogP contribution in [-0.4, -0.2) is 27.3 Å². The summed E-state index contributed by atoms with van der Waals surface area (Å²) < 4.78 is 0.938. The molecule has 0 radical (unpaired) electrons. The lowest BCUT2D eigenvalue weighted by Gasteiger charge is -2.05. The number of thioether (sulfide) groups is 1. The SMILES string of the molecule is C/C(=N\NC(=O)CSc1nc(C)cc(C)n1)c1ccccc1Br. The summed E-state index contributed by atoms with van der Waals surface area (Å²) in [5.41, 5.74) is 6.02. The van der Waals surface area contributed by atoms with Gasteiger partial charge in [-0.2, -0.15) is 5.10 Å². The predicted molar refractivity (Wildman–Crippen MR) is 96.7 cm³/mol. The molecule has 0 bridgehead atoms. The van der Waals surface area contributed by atoms with Crippen LogP contribution in [0.3, 0.4) is 0 Å². The Hall–Kier alpha value is -1.73. The maximum atomic E-state index is 11.9. The molecule has 0 fully saturated rings. The van der Waals surface area contributed by atoms with Crippen LogP contribution in [0.2, 0.25) is 0 Å². The number of aryl methyl sites for hydroxylation is 2. The Kier molecular flexibility index (Phi) is 6.29. The first-order valence-electron chi connectivity index (χ1n) is 6.99. The van der Waals surface area contributed by atoms with Crippen molar-refractivity contribution in [1.29, 1.82) is 0 Å². The van der Waals surface area contributed by atoms with Gasteiger partial charge in [0.2, 0.25) is 0 Å². The highest BCUT2D eigenvalue weighted by atomic mass is 79.9. The van der Waals surface area contributed by atoms with Crippen LogP contribution >= 0.6 is 27.7 Å². The zero-order chi connectivity index (χ0) is 16.8. The Morgan fingerprint density at radius 1 is 1.26 bits per heavy atom. The first kappa shape index (κ1) is 17.6. The van der Waals surface area contributed by atoms with E-state index < -0.39 is 0 Å². The minimum absolute atomic E-state index is 0.191. The average Bonchev–Trinajstić information content (AvgIpc) is 2.50. The van der Waals surface area contributed by atoms with E-state index in [4.69, 9.17) is 0 Å². The number of hydrogen-bond acceptors (Lipinski definition) is 5. The quantitative estimate of drug-likeness (QED) is 0.366. The maximum absolute atomic E-state index is 11.9. The highest BCUT2D eigenvalue weighted by molar-refractivity contribution is 9.10. The first-order chi connectivity index (χ1) is 11.0. The third-order valence-corrected chi connectivity index (χ3v) is 4.44. The van der Waals surface area contributed by atoms with E-state index >= 15 is 0 Å². The largest absolute Gasteiger partial charge is 0.272 e. The predicted octanol–water partition coefficient (Wildman–Crippen LogP) is 3.49. The van der Waals surface area contributed by atoms with Crippen molar-refractivity contribution in [2.75, 3.05) is 5.75 Å². The molecule has 0 aliphatic carbocycles. The molecule has 0 unspecified atom stereocenters. The van der Waals surface area contributed by atoms with Crippen molar-refractivity contribution in [1.82, 2.24) is 15.4 Å². The summed E-state index contributed by atoms with van der Waals surface area (Å²) in [5, 5.41) is 4.74. The van der Waals surface area contributed by atoms with Crippen LogP contribution < -0.4 is 5.43 Å². The molecule has 120 valence electrons. The van der Waals surface area contributed by atoms with Gasteiger partial charge in [-0.05, 0) is 32.9 Å². The molecule has 1 N–H and O–H groups in total. The van der Waals surface area contributed by atoms with Gasteiger partial charge in [-0.1, -0.05) is 45.9 Å². The van der Waals surface area contributed by atoms with E-state index in [0.717, 1.165) is 27.1 Å². The van der Waals surface area contributed by atoms with E-state index in [1.165, 1.54) is 11.8 Å². The Balaban J connectivity index is 1.92. The molecular weight excluding hydrogens is 376 g/mol. The minimum atomic E-state index is -0.191. The van der Waals surface area contributed by atoms with Crippen molar-refractivity contribution in [2.45, 2.75) is 25.9 Å². The molecule has 2 rings (SSSR count). The number of aromatic nitrogens is 2. The molecule has 0 saturated heterocycles. The van der Waals surface area contributed by atoms with Crippen LogP contribution in [-0.2, 0) is 4.79 Å². The molecule has 7 heteroatoms. The standard InChI is InChI=1S/C16H17BrN4OS/c1-10-8-11(2)19-16(18-10)23-9-15(22)21-20-12(3)13-6-4-5-7-14(13)17/h4-8H,9H2,1-3H3,(H,21,22)/b20-12+. The fraction of sp³-hybridized carbons (Fsp3) is 0.250. The van der Waals surface area contributed by atoms with Gasteiger partial charge in [0.15, 0.2) is 5.16 Å². The van der Waals surface area contributed by atoms with Gasteiger partial charge in [-0.3, -0.25) is 4.79 Å². The zero-order valence-corrected chi connectivity index (χ0v) is 15.5. The van der Waals surface area contributed by atoms with Crippen LogP contribution in [0.4, 0.5) is 0 Å². The number of carbonyl (C=O) groups excluding carboxylic acids is 1. The lowest BCUT2D eigenvalue weighted by Crippen LogP contribution is -2.21. The normalized spacial score (nSPS) is 11.4. The molecule has 1 heterocycles. The zero-order valence-electron chi connectivity index (χ0n) is 13.1. The Morgan fingerprint density at radius 3 is 2.57 bits per heavy atom. The van der Waals surface area contributed by atoms with Gasteiger partial charge < -0.3 is 0 Å². The summed E-state index contributed by atoms with van der Waals surface area (Å²) >= 11 is 4.76. The van der Waals surface area contributed by atoms with Gasteiger partial charge in [0.05, 0.1) is 11.5 Å². The summed E-state index contributed by atoms with van der Waals surface area (Å²) in [6.07, 6.45) is 0. The first-order valence-corrected chi connectivity index (χ1v) is 8.76. The summed E-state index contributed by atoms with van der Waals surface area (Å²) in [6, 6.07) is 9.63. The lowest BCUT2D eigenvalue weighted by molar-refractivity contribution is -0.118. The molecule has 1 aromatic carbocycles. The molecule has 0 spiro atoms. The van der Waals surface area contributed by atoms with Crippen molar-refractivity contribution >= 4 is 39.3 Å². The summed E-state index contributed by atoms with van der Waals surface area (Å²) in [5.74, 6) is 0.0273. The molecular formula is C16H17BrN4OS. The average molecular weight is 393 g/mol. The number of halogens is 1. The van der Waals surface area contributed by atoms with E-state index in [1.807, 2.05) is 51.1 Å². The van der Waals surface area contributed by atoms with Crippen molar-refractivity contribution in [2.24, 2.45) is 5.10 Å². The molecule has 5 nitrogen and oxygen atoms in total. The second-order valence-electron chi connectivity index (χ2n) is 4.93. The van der Waals surface area contributed by atoms with Crippen molar-refractivity contribution in [3.63, 3.8) is 0 Å². The molecule has 1 aromatic heterocycles. The Labute approximate surface area is 148 Å². The number of hydrazone groups is 1. The molecule has 0 atom stereocenters. The third-order valence-electron chi connectivity index (χ3n) is 2.91. The van der Waals surface area contributed by atoms with E-state index in [-0.39, 0.29) is 11.7 Å². The fourth-order valence-electron chi connectivity index (χ4n) is 1.88. The third kappa shape index (κ3) is 5.44. The molecule has 0 aliphatic rings. The van der Waals surface area contributed by atoms with Crippen LogP contribution in [0.5, 0.6) is 0 Å².